The molecular formula is C19H21NO4. The van der Waals surface area contributed by atoms with Gasteiger partial charge in [0.15, 0.2) is 6.10 Å². The Morgan fingerprint density at radius 3 is 2.08 bits per heavy atom. The molecule has 0 fully saturated rings. The van der Waals surface area contributed by atoms with Crippen molar-refractivity contribution in [2.45, 2.75) is 18.6 Å². The maximum Gasteiger partial charge on any atom is 0.328 e. The van der Waals surface area contributed by atoms with Gasteiger partial charge in [0, 0.05) is 13.5 Å². The van der Waals surface area contributed by atoms with Crippen molar-refractivity contribution < 1.29 is 19.1 Å². The summed E-state index contributed by atoms with van der Waals surface area (Å²) in [6.45, 7) is 0. The lowest BCUT2D eigenvalue weighted by molar-refractivity contribution is -0.146. The van der Waals surface area contributed by atoms with E-state index in [0.717, 1.165) is 11.1 Å². The Kier molecular flexibility index (Phi) is 6.51. The molecule has 0 aliphatic heterocycles. The molecule has 24 heavy (non-hydrogen) atoms. The standard InChI is InChI=1S/C19H21NO4/c1-23-17(15-11-7-4-8-12-15)18(21)20-16(19(22)24-2)13-14-9-5-3-6-10-14/h3-12,16-17H,13H2,1-2H3,(H,20,21)/t16-,17-/m1/s1. The van der Waals surface area contributed by atoms with Gasteiger partial charge in [-0.2, -0.15) is 0 Å². The monoisotopic (exact) mass is 327 g/mol. The predicted molar refractivity (Wildman–Crippen MR) is 90.3 cm³/mol. The van der Waals surface area contributed by atoms with Crippen molar-refractivity contribution in [3.63, 3.8) is 0 Å². The van der Waals surface area contributed by atoms with Crippen LogP contribution in [0.25, 0.3) is 0 Å². The molecule has 0 aliphatic carbocycles. The van der Waals surface area contributed by atoms with E-state index in [1.54, 1.807) is 12.1 Å². The molecule has 2 atom stereocenters. The van der Waals surface area contributed by atoms with Crippen LogP contribution in [0.15, 0.2) is 60.7 Å². The molecular weight excluding hydrogens is 306 g/mol. The molecule has 0 radical (unpaired) electrons. The van der Waals surface area contributed by atoms with Crippen LogP contribution in [-0.2, 0) is 25.5 Å². The third-order valence-corrected chi connectivity index (χ3v) is 3.66. The van der Waals surface area contributed by atoms with E-state index >= 15 is 0 Å². The summed E-state index contributed by atoms with van der Waals surface area (Å²) in [7, 11) is 2.76. The number of benzene rings is 2. The average molecular weight is 327 g/mol. The third kappa shape index (κ3) is 4.67. The molecule has 2 aromatic rings. The van der Waals surface area contributed by atoms with Crippen molar-refractivity contribution in [2.75, 3.05) is 14.2 Å². The number of hydrogen-bond donors (Lipinski definition) is 1. The fourth-order valence-electron chi connectivity index (χ4n) is 2.46. The summed E-state index contributed by atoms with van der Waals surface area (Å²) in [5, 5.41) is 2.73. The SMILES string of the molecule is COC(=O)[C@@H](Cc1ccccc1)NC(=O)[C@H](OC)c1ccccc1. The van der Waals surface area contributed by atoms with Gasteiger partial charge < -0.3 is 14.8 Å². The molecule has 5 heteroatoms. The van der Waals surface area contributed by atoms with Crippen LogP contribution in [0.2, 0.25) is 0 Å². The summed E-state index contributed by atoms with van der Waals surface area (Å²) < 4.78 is 10.1. The molecule has 0 aromatic heterocycles. The molecule has 0 saturated carbocycles. The number of hydrogen-bond acceptors (Lipinski definition) is 4. The zero-order chi connectivity index (χ0) is 17.4. The van der Waals surface area contributed by atoms with Crippen LogP contribution in [0.3, 0.4) is 0 Å². The lowest BCUT2D eigenvalue weighted by atomic mass is 10.0. The van der Waals surface area contributed by atoms with Crippen LogP contribution < -0.4 is 5.32 Å². The summed E-state index contributed by atoms with van der Waals surface area (Å²) >= 11 is 0. The number of carbonyl (C=O) groups excluding carboxylic acids is 2. The van der Waals surface area contributed by atoms with Crippen molar-refractivity contribution in [1.29, 1.82) is 0 Å². The van der Waals surface area contributed by atoms with Crippen molar-refractivity contribution in [1.82, 2.24) is 5.32 Å². The number of esters is 1. The highest BCUT2D eigenvalue weighted by Crippen LogP contribution is 2.17. The molecule has 126 valence electrons. The molecule has 0 heterocycles. The predicted octanol–water partition coefficient (Wildman–Crippen LogP) is 2.27. The summed E-state index contributed by atoms with van der Waals surface area (Å²) in [6, 6.07) is 17.8. The maximum absolute atomic E-state index is 12.6. The second-order valence-corrected chi connectivity index (χ2v) is 5.30. The Morgan fingerprint density at radius 1 is 0.958 bits per heavy atom. The average Bonchev–Trinajstić information content (AvgIpc) is 2.63. The highest BCUT2D eigenvalue weighted by Gasteiger charge is 2.27. The van der Waals surface area contributed by atoms with Gasteiger partial charge in [-0.15, -0.1) is 0 Å². The molecule has 5 nitrogen and oxygen atoms in total. The number of rotatable bonds is 7. The Hall–Kier alpha value is -2.66. The van der Waals surface area contributed by atoms with Gasteiger partial charge in [0.05, 0.1) is 7.11 Å². The smallest absolute Gasteiger partial charge is 0.328 e. The van der Waals surface area contributed by atoms with Crippen LogP contribution in [0.1, 0.15) is 17.2 Å². The van der Waals surface area contributed by atoms with Gasteiger partial charge in [-0.3, -0.25) is 4.79 Å². The van der Waals surface area contributed by atoms with Crippen molar-refractivity contribution in [3.8, 4) is 0 Å². The van der Waals surface area contributed by atoms with E-state index < -0.39 is 18.1 Å². The summed E-state index contributed by atoms with van der Waals surface area (Å²) in [4.78, 5) is 24.6. The van der Waals surface area contributed by atoms with Crippen LogP contribution in [0.5, 0.6) is 0 Å². The Morgan fingerprint density at radius 2 is 1.54 bits per heavy atom. The first-order valence-electron chi connectivity index (χ1n) is 7.65. The van der Waals surface area contributed by atoms with Crippen LogP contribution in [0, 0.1) is 0 Å². The van der Waals surface area contributed by atoms with Crippen molar-refractivity contribution in [2.24, 2.45) is 0 Å². The largest absolute Gasteiger partial charge is 0.467 e. The third-order valence-electron chi connectivity index (χ3n) is 3.66. The minimum Gasteiger partial charge on any atom is -0.467 e. The summed E-state index contributed by atoms with van der Waals surface area (Å²) in [6.07, 6.45) is -0.432. The maximum atomic E-state index is 12.6. The van der Waals surface area contributed by atoms with Crippen LogP contribution >= 0.6 is 0 Å². The molecule has 0 saturated heterocycles. The molecule has 0 bridgehead atoms. The number of carbonyl (C=O) groups is 2. The first-order chi connectivity index (χ1) is 11.7. The highest BCUT2D eigenvalue weighted by molar-refractivity contribution is 5.87. The minimum absolute atomic E-state index is 0.352. The van der Waals surface area contributed by atoms with Gasteiger partial charge in [-0.25, -0.2) is 4.79 Å². The Balaban J connectivity index is 2.13. The second-order valence-electron chi connectivity index (χ2n) is 5.30. The van der Waals surface area contributed by atoms with Gasteiger partial charge >= 0.3 is 5.97 Å². The number of amides is 1. The molecule has 0 spiro atoms. The van der Waals surface area contributed by atoms with Gasteiger partial charge in [-0.05, 0) is 11.1 Å². The van der Waals surface area contributed by atoms with E-state index in [0.29, 0.717) is 6.42 Å². The zero-order valence-electron chi connectivity index (χ0n) is 13.8. The van der Waals surface area contributed by atoms with Gasteiger partial charge in [0.2, 0.25) is 0 Å². The Labute approximate surface area is 141 Å². The normalized spacial score (nSPS) is 12.9. The molecule has 1 amide bonds. The van der Waals surface area contributed by atoms with Crippen molar-refractivity contribution >= 4 is 11.9 Å². The number of ether oxygens (including phenoxy) is 2. The lowest BCUT2D eigenvalue weighted by Crippen LogP contribution is -2.45. The first-order valence-corrected chi connectivity index (χ1v) is 7.65. The Bertz CT molecular complexity index is 658. The molecule has 2 rings (SSSR count). The summed E-state index contributed by atoms with van der Waals surface area (Å²) in [5.74, 6) is -0.870. The lowest BCUT2D eigenvalue weighted by Gasteiger charge is -2.21. The van der Waals surface area contributed by atoms with E-state index in [-0.39, 0.29) is 5.91 Å². The second kappa shape index (κ2) is 8.84. The van der Waals surface area contributed by atoms with Crippen LogP contribution in [-0.4, -0.2) is 32.1 Å². The van der Waals surface area contributed by atoms with E-state index in [1.165, 1.54) is 14.2 Å². The highest BCUT2D eigenvalue weighted by atomic mass is 16.5. The van der Waals surface area contributed by atoms with Gasteiger partial charge in [0.1, 0.15) is 6.04 Å². The van der Waals surface area contributed by atoms with E-state index in [1.807, 2.05) is 48.5 Å². The van der Waals surface area contributed by atoms with Gasteiger partial charge in [-0.1, -0.05) is 60.7 Å². The number of methoxy groups -OCH3 is 2. The topological polar surface area (TPSA) is 64.6 Å². The molecule has 1 N–H and O–H groups in total. The van der Waals surface area contributed by atoms with Crippen molar-refractivity contribution in [3.05, 3.63) is 71.8 Å². The fourth-order valence-corrected chi connectivity index (χ4v) is 2.46. The zero-order valence-corrected chi connectivity index (χ0v) is 13.8. The minimum atomic E-state index is -0.783. The van der Waals surface area contributed by atoms with Crippen LogP contribution in [0.4, 0.5) is 0 Å². The molecule has 0 aliphatic rings. The van der Waals surface area contributed by atoms with Gasteiger partial charge in [0.25, 0.3) is 5.91 Å². The molecule has 0 unspecified atom stereocenters. The number of nitrogens with one attached hydrogen (secondary N) is 1. The van der Waals surface area contributed by atoms with E-state index in [2.05, 4.69) is 5.32 Å². The fraction of sp³-hybridized carbons (Fsp3) is 0.263. The first kappa shape index (κ1) is 17.7. The van der Waals surface area contributed by atoms with E-state index in [4.69, 9.17) is 9.47 Å². The molecule has 2 aromatic carbocycles. The quantitative estimate of drug-likeness (QED) is 0.793. The van der Waals surface area contributed by atoms with E-state index in [9.17, 15) is 9.59 Å². The summed E-state index contributed by atoms with van der Waals surface area (Å²) in [5.41, 5.74) is 1.66.